The summed E-state index contributed by atoms with van der Waals surface area (Å²) >= 11 is 9.52. The van der Waals surface area contributed by atoms with Crippen LogP contribution in [0.5, 0.6) is 5.75 Å². The summed E-state index contributed by atoms with van der Waals surface area (Å²) in [5.41, 5.74) is 3.51. The number of ether oxygens (including phenoxy) is 1. The van der Waals surface area contributed by atoms with Gasteiger partial charge in [0.2, 0.25) is 0 Å². The number of aryl methyl sites for hydroxylation is 2. The summed E-state index contributed by atoms with van der Waals surface area (Å²) in [6, 6.07) is 12.8. The van der Waals surface area contributed by atoms with Gasteiger partial charge in [-0.2, -0.15) is 5.10 Å². The van der Waals surface area contributed by atoms with E-state index in [-0.39, 0.29) is 5.91 Å². The van der Waals surface area contributed by atoms with Gasteiger partial charge in [-0.25, -0.2) is 0 Å². The molecule has 0 aliphatic carbocycles. The highest BCUT2D eigenvalue weighted by molar-refractivity contribution is 9.10. The molecule has 0 unspecified atom stereocenters. The number of benzene rings is 2. The SMILES string of the molecule is CCn1cc(CNC(=O)c2ccc(COc3ccc(Br)cc3Cl)cc2)c(C)n1. The molecule has 0 radical (unpaired) electrons. The van der Waals surface area contributed by atoms with Gasteiger partial charge in [-0.15, -0.1) is 0 Å². The molecular formula is C21H21BrClN3O2. The maximum atomic E-state index is 12.4. The standard InChI is InChI=1S/C21H21BrClN3O2/c1-3-26-12-17(14(2)25-26)11-24-21(27)16-6-4-15(5-7-16)13-28-20-9-8-18(22)10-19(20)23/h4-10,12H,3,11,13H2,1-2H3,(H,24,27). The zero-order chi connectivity index (χ0) is 20.1. The number of amides is 1. The summed E-state index contributed by atoms with van der Waals surface area (Å²) in [6.45, 7) is 5.62. The Morgan fingerprint density at radius 3 is 2.64 bits per heavy atom. The van der Waals surface area contributed by atoms with Crippen molar-refractivity contribution in [2.24, 2.45) is 0 Å². The smallest absolute Gasteiger partial charge is 0.251 e. The number of halogens is 2. The highest BCUT2D eigenvalue weighted by Crippen LogP contribution is 2.28. The summed E-state index contributed by atoms with van der Waals surface area (Å²) < 4.78 is 8.51. The number of nitrogens with one attached hydrogen (secondary N) is 1. The van der Waals surface area contributed by atoms with Crippen molar-refractivity contribution >= 4 is 33.4 Å². The van der Waals surface area contributed by atoms with Crippen LogP contribution in [0, 0.1) is 6.92 Å². The van der Waals surface area contributed by atoms with E-state index in [2.05, 4.69) is 26.3 Å². The predicted octanol–water partition coefficient (Wildman–Crippen LogP) is 5.14. The summed E-state index contributed by atoms with van der Waals surface area (Å²) in [6.07, 6.45) is 1.96. The second-order valence-corrected chi connectivity index (χ2v) is 7.66. The largest absolute Gasteiger partial charge is 0.487 e. The number of carbonyl (C=O) groups is 1. The molecule has 0 aliphatic rings. The molecule has 3 rings (SSSR count). The van der Waals surface area contributed by atoms with Crippen LogP contribution in [0.25, 0.3) is 0 Å². The van der Waals surface area contributed by atoms with Gasteiger partial charge in [0.25, 0.3) is 5.91 Å². The fourth-order valence-electron chi connectivity index (χ4n) is 2.68. The van der Waals surface area contributed by atoms with Crippen molar-refractivity contribution in [2.45, 2.75) is 33.5 Å². The first-order chi connectivity index (χ1) is 13.5. The molecule has 1 heterocycles. The maximum Gasteiger partial charge on any atom is 0.251 e. The molecule has 5 nitrogen and oxygen atoms in total. The molecule has 28 heavy (non-hydrogen) atoms. The van der Waals surface area contributed by atoms with E-state index in [1.165, 1.54) is 0 Å². The quantitative estimate of drug-likeness (QED) is 0.529. The van der Waals surface area contributed by atoms with E-state index in [0.29, 0.717) is 29.5 Å². The van der Waals surface area contributed by atoms with Crippen LogP contribution in [-0.4, -0.2) is 15.7 Å². The lowest BCUT2D eigenvalue weighted by Crippen LogP contribution is -2.22. The zero-order valence-electron chi connectivity index (χ0n) is 15.7. The first-order valence-electron chi connectivity index (χ1n) is 8.94. The third kappa shape index (κ3) is 5.14. The Bertz CT molecular complexity index is 970. The van der Waals surface area contributed by atoms with E-state index in [4.69, 9.17) is 16.3 Å². The molecule has 0 atom stereocenters. The zero-order valence-corrected chi connectivity index (χ0v) is 18.0. The van der Waals surface area contributed by atoms with Crippen molar-refractivity contribution in [3.8, 4) is 5.75 Å². The predicted molar refractivity (Wildman–Crippen MR) is 114 cm³/mol. The van der Waals surface area contributed by atoms with Crippen LogP contribution in [0.15, 0.2) is 53.1 Å². The van der Waals surface area contributed by atoms with Crippen LogP contribution >= 0.6 is 27.5 Å². The Morgan fingerprint density at radius 2 is 2.00 bits per heavy atom. The third-order valence-electron chi connectivity index (χ3n) is 4.32. The van der Waals surface area contributed by atoms with Gasteiger partial charge in [0.1, 0.15) is 12.4 Å². The Kier molecular flexibility index (Phi) is 6.75. The summed E-state index contributed by atoms with van der Waals surface area (Å²) in [5, 5.41) is 7.87. The second kappa shape index (κ2) is 9.26. The molecule has 0 saturated heterocycles. The van der Waals surface area contributed by atoms with Crippen LogP contribution in [-0.2, 0) is 19.7 Å². The molecule has 2 aromatic carbocycles. The Labute approximate surface area is 177 Å². The molecule has 1 amide bonds. The Balaban J connectivity index is 1.55. The fraction of sp³-hybridized carbons (Fsp3) is 0.238. The van der Waals surface area contributed by atoms with Crippen molar-refractivity contribution < 1.29 is 9.53 Å². The second-order valence-electron chi connectivity index (χ2n) is 6.34. The number of hydrogen-bond acceptors (Lipinski definition) is 3. The van der Waals surface area contributed by atoms with E-state index < -0.39 is 0 Å². The fourth-order valence-corrected chi connectivity index (χ4v) is 3.41. The Morgan fingerprint density at radius 1 is 1.25 bits per heavy atom. The molecule has 3 aromatic rings. The van der Waals surface area contributed by atoms with Crippen LogP contribution < -0.4 is 10.1 Å². The van der Waals surface area contributed by atoms with Gasteiger partial charge in [-0.3, -0.25) is 9.48 Å². The van der Waals surface area contributed by atoms with Crippen molar-refractivity contribution in [3.05, 3.63) is 80.5 Å². The van der Waals surface area contributed by atoms with Crippen LogP contribution in [0.1, 0.15) is 34.1 Å². The molecule has 146 valence electrons. The van der Waals surface area contributed by atoms with Gasteiger partial charge in [0, 0.05) is 34.9 Å². The van der Waals surface area contributed by atoms with Crippen molar-refractivity contribution in [3.63, 3.8) is 0 Å². The van der Waals surface area contributed by atoms with Gasteiger partial charge < -0.3 is 10.1 Å². The monoisotopic (exact) mass is 461 g/mol. The average Bonchev–Trinajstić information content (AvgIpc) is 3.05. The van der Waals surface area contributed by atoms with Crippen molar-refractivity contribution in [2.75, 3.05) is 0 Å². The summed E-state index contributed by atoms with van der Waals surface area (Å²) in [7, 11) is 0. The van der Waals surface area contributed by atoms with E-state index in [9.17, 15) is 4.79 Å². The minimum absolute atomic E-state index is 0.118. The normalized spacial score (nSPS) is 10.7. The van der Waals surface area contributed by atoms with Gasteiger partial charge in [0.15, 0.2) is 0 Å². The van der Waals surface area contributed by atoms with Gasteiger partial charge in [0.05, 0.1) is 10.7 Å². The topological polar surface area (TPSA) is 56.2 Å². The molecule has 7 heteroatoms. The molecular weight excluding hydrogens is 442 g/mol. The lowest BCUT2D eigenvalue weighted by atomic mass is 10.1. The number of nitrogens with zero attached hydrogens (tertiary/aromatic N) is 2. The maximum absolute atomic E-state index is 12.4. The van der Waals surface area contributed by atoms with E-state index in [0.717, 1.165) is 27.8 Å². The highest BCUT2D eigenvalue weighted by atomic mass is 79.9. The summed E-state index contributed by atoms with van der Waals surface area (Å²) in [4.78, 5) is 12.4. The molecule has 0 bridgehead atoms. The lowest BCUT2D eigenvalue weighted by Gasteiger charge is -2.09. The molecule has 0 aliphatic heterocycles. The van der Waals surface area contributed by atoms with E-state index >= 15 is 0 Å². The van der Waals surface area contributed by atoms with Crippen LogP contribution in [0.2, 0.25) is 5.02 Å². The van der Waals surface area contributed by atoms with Crippen molar-refractivity contribution in [1.82, 2.24) is 15.1 Å². The van der Waals surface area contributed by atoms with E-state index in [1.807, 2.05) is 49.0 Å². The average molecular weight is 463 g/mol. The van der Waals surface area contributed by atoms with Gasteiger partial charge in [-0.1, -0.05) is 39.7 Å². The van der Waals surface area contributed by atoms with Crippen LogP contribution in [0.4, 0.5) is 0 Å². The minimum atomic E-state index is -0.118. The number of rotatable bonds is 7. The molecule has 0 saturated carbocycles. The van der Waals surface area contributed by atoms with Crippen LogP contribution in [0.3, 0.4) is 0 Å². The van der Waals surface area contributed by atoms with Crippen molar-refractivity contribution in [1.29, 1.82) is 0 Å². The molecule has 0 spiro atoms. The number of carbonyl (C=O) groups excluding carboxylic acids is 1. The van der Waals surface area contributed by atoms with Gasteiger partial charge >= 0.3 is 0 Å². The first-order valence-corrected chi connectivity index (χ1v) is 10.1. The van der Waals surface area contributed by atoms with E-state index in [1.54, 1.807) is 18.2 Å². The van der Waals surface area contributed by atoms with Gasteiger partial charge in [-0.05, 0) is 49.7 Å². The lowest BCUT2D eigenvalue weighted by molar-refractivity contribution is 0.0951. The minimum Gasteiger partial charge on any atom is -0.487 e. The number of hydrogen-bond donors (Lipinski definition) is 1. The highest BCUT2D eigenvalue weighted by Gasteiger charge is 2.09. The Hall–Kier alpha value is -2.31. The molecule has 0 fully saturated rings. The molecule has 1 aromatic heterocycles. The number of aromatic nitrogens is 2. The summed E-state index contributed by atoms with van der Waals surface area (Å²) in [5.74, 6) is 0.502. The first kappa shape index (κ1) is 20.4. The molecule has 1 N–H and O–H groups in total. The third-order valence-corrected chi connectivity index (χ3v) is 5.10.